The lowest BCUT2D eigenvalue weighted by Crippen LogP contribution is -2.28. The first-order valence-electron chi connectivity index (χ1n) is 8.83. The summed E-state index contributed by atoms with van der Waals surface area (Å²) in [6.45, 7) is 1.69. The number of benzene rings is 2. The first kappa shape index (κ1) is 22.7. The summed E-state index contributed by atoms with van der Waals surface area (Å²) >= 11 is 13.1. The lowest BCUT2D eigenvalue weighted by atomic mass is 10.1. The van der Waals surface area contributed by atoms with Crippen LogP contribution >= 0.6 is 35.0 Å². The number of non-ortho nitro benzene ring substituents is 1. The molecule has 0 aromatic heterocycles. The highest BCUT2D eigenvalue weighted by Gasteiger charge is 2.32. The molecule has 0 saturated carbocycles. The maximum atomic E-state index is 12.3. The van der Waals surface area contributed by atoms with Crippen LogP contribution in [0.4, 0.5) is 11.4 Å². The summed E-state index contributed by atoms with van der Waals surface area (Å²) in [4.78, 5) is 34.7. The number of hydrogen-bond acceptors (Lipinski definition) is 7. The van der Waals surface area contributed by atoms with Crippen molar-refractivity contribution in [1.29, 1.82) is 0 Å². The van der Waals surface area contributed by atoms with E-state index in [1.165, 1.54) is 12.1 Å². The molecule has 2 amide bonds. The van der Waals surface area contributed by atoms with Gasteiger partial charge in [0.1, 0.15) is 5.25 Å². The van der Waals surface area contributed by atoms with E-state index < -0.39 is 16.1 Å². The van der Waals surface area contributed by atoms with Crippen molar-refractivity contribution in [1.82, 2.24) is 5.32 Å². The minimum absolute atomic E-state index is 0.0262. The van der Waals surface area contributed by atoms with Crippen molar-refractivity contribution in [2.45, 2.75) is 18.6 Å². The van der Waals surface area contributed by atoms with E-state index in [4.69, 9.17) is 23.2 Å². The third kappa shape index (κ3) is 5.81. The van der Waals surface area contributed by atoms with Gasteiger partial charge in [0, 0.05) is 18.6 Å². The fourth-order valence-corrected chi connectivity index (χ4v) is 3.82. The van der Waals surface area contributed by atoms with Crippen LogP contribution < -0.4 is 10.6 Å². The number of carbonyl (C=O) groups is 2. The van der Waals surface area contributed by atoms with Gasteiger partial charge in [-0.2, -0.15) is 5.10 Å². The molecule has 1 atom stereocenters. The van der Waals surface area contributed by atoms with Crippen LogP contribution in [0.15, 0.2) is 52.7 Å². The van der Waals surface area contributed by atoms with Crippen LogP contribution in [0.3, 0.4) is 0 Å². The Bertz CT molecular complexity index is 1100. The average Bonchev–Trinajstić information content (AvgIpc) is 3.08. The Labute approximate surface area is 191 Å². The molecule has 160 valence electrons. The van der Waals surface area contributed by atoms with Crippen molar-refractivity contribution in [3.05, 3.63) is 68.2 Å². The lowest BCUT2D eigenvalue weighted by Gasteiger charge is -2.09. The Balaban J connectivity index is 1.61. The molecule has 3 rings (SSSR count). The molecule has 1 heterocycles. The van der Waals surface area contributed by atoms with Gasteiger partial charge in [0.05, 0.1) is 26.4 Å². The minimum Gasteiger partial charge on any atom is -0.325 e. The van der Waals surface area contributed by atoms with Crippen molar-refractivity contribution in [2.24, 2.45) is 10.2 Å². The minimum atomic E-state index is -0.674. The van der Waals surface area contributed by atoms with E-state index >= 15 is 0 Å². The number of amidine groups is 1. The van der Waals surface area contributed by atoms with Gasteiger partial charge in [-0.25, -0.2) is 0 Å². The summed E-state index contributed by atoms with van der Waals surface area (Å²) in [5, 5.41) is 24.1. The molecule has 1 aliphatic rings. The Kier molecular flexibility index (Phi) is 7.26. The van der Waals surface area contributed by atoms with Gasteiger partial charge in [-0.1, -0.05) is 41.0 Å². The molecule has 2 aromatic carbocycles. The number of nitro benzene ring substituents is 1. The highest BCUT2D eigenvalue weighted by atomic mass is 35.5. The largest absolute Gasteiger partial charge is 0.325 e. The number of carbonyl (C=O) groups excluding carboxylic acids is 2. The van der Waals surface area contributed by atoms with E-state index in [0.29, 0.717) is 22.0 Å². The molecule has 0 aliphatic carbocycles. The number of halogens is 2. The van der Waals surface area contributed by atoms with Crippen molar-refractivity contribution < 1.29 is 14.5 Å². The molecule has 1 aliphatic heterocycles. The standard InChI is InChI=1S/C19H15Cl2N5O4S/c1-10(11-5-7-12(8-6-11)26(29)30)24-25-19-23-18(28)15(31-19)9-16(27)22-14-4-2-3-13(20)17(14)21/h2-8,15H,9H2,1H3,(H,22,27)(H,23,25,28)/b24-10+. The second-order valence-electron chi connectivity index (χ2n) is 6.34. The highest BCUT2D eigenvalue weighted by molar-refractivity contribution is 8.15. The Morgan fingerprint density at radius 3 is 2.65 bits per heavy atom. The van der Waals surface area contributed by atoms with E-state index in [0.717, 1.165) is 11.8 Å². The van der Waals surface area contributed by atoms with Gasteiger partial charge in [-0.3, -0.25) is 19.7 Å². The molecular formula is C19H15Cl2N5O4S. The number of thioether (sulfide) groups is 1. The molecule has 0 bridgehead atoms. The van der Waals surface area contributed by atoms with E-state index in [1.807, 2.05) is 0 Å². The molecule has 2 aromatic rings. The lowest BCUT2D eigenvalue weighted by molar-refractivity contribution is -0.384. The molecule has 31 heavy (non-hydrogen) atoms. The van der Waals surface area contributed by atoms with E-state index in [9.17, 15) is 19.7 Å². The normalized spacial score (nSPS) is 17.5. The topological polar surface area (TPSA) is 126 Å². The zero-order valence-corrected chi connectivity index (χ0v) is 18.3. The van der Waals surface area contributed by atoms with Gasteiger partial charge >= 0.3 is 0 Å². The highest BCUT2D eigenvalue weighted by Crippen LogP contribution is 2.30. The molecule has 1 fully saturated rings. The summed E-state index contributed by atoms with van der Waals surface area (Å²) < 4.78 is 0. The van der Waals surface area contributed by atoms with E-state index in [1.54, 1.807) is 37.3 Å². The van der Waals surface area contributed by atoms with Gasteiger partial charge in [-0.15, -0.1) is 5.10 Å². The van der Waals surface area contributed by atoms with Gasteiger partial charge in [0.15, 0.2) is 5.17 Å². The monoisotopic (exact) mass is 479 g/mol. The molecule has 1 unspecified atom stereocenters. The maximum Gasteiger partial charge on any atom is 0.269 e. The molecular weight excluding hydrogens is 465 g/mol. The SMILES string of the molecule is C/C(=N\N=C1/NC(=O)C(CC(=O)Nc2cccc(Cl)c2Cl)S1)c1ccc([N+](=O)[O-])cc1. The molecule has 2 N–H and O–H groups in total. The Morgan fingerprint density at radius 2 is 1.97 bits per heavy atom. The molecule has 9 nitrogen and oxygen atoms in total. The zero-order valence-electron chi connectivity index (χ0n) is 16.0. The van der Waals surface area contributed by atoms with E-state index in [-0.39, 0.29) is 28.2 Å². The summed E-state index contributed by atoms with van der Waals surface area (Å²) in [6, 6.07) is 10.7. The predicted octanol–water partition coefficient (Wildman–Crippen LogP) is 4.24. The molecule has 1 saturated heterocycles. The number of anilines is 1. The molecule has 0 radical (unpaired) electrons. The first-order chi connectivity index (χ1) is 14.7. The van der Waals surface area contributed by atoms with Crippen molar-refractivity contribution in [2.75, 3.05) is 5.32 Å². The smallest absolute Gasteiger partial charge is 0.269 e. The summed E-state index contributed by atoms with van der Waals surface area (Å²) in [5.74, 6) is -0.761. The zero-order chi connectivity index (χ0) is 22.5. The predicted molar refractivity (Wildman–Crippen MR) is 122 cm³/mol. The third-order valence-corrected chi connectivity index (χ3v) is 6.05. The Morgan fingerprint density at radius 1 is 1.26 bits per heavy atom. The van der Waals surface area contributed by atoms with Crippen LogP contribution in [0.25, 0.3) is 0 Å². The van der Waals surface area contributed by atoms with E-state index in [2.05, 4.69) is 20.8 Å². The number of nitrogens with zero attached hydrogens (tertiary/aromatic N) is 3. The summed E-state index contributed by atoms with van der Waals surface area (Å²) in [5.41, 5.74) is 1.49. The quantitative estimate of drug-likeness (QED) is 0.363. The van der Waals surface area contributed by atoms with Crippen LogP contribution in [-0.2, 0) is 9.59 Å². The number of nitrogens with one attached hydrogen (secondary N) is 2. The summed E-state index contributed by atoms with van der Waals surface area (Å²) in [7, 11) is 0. The third-order valence-electron chi connectivity index (χ3n) is 4.16. The second kappa shape index (κ2) is 9.90. The van der Waals surface area contributed by atoms with Crippen LogP contribution in [-0.4, -0.2) is 32.9 Å². The van der Waals surface area contributed by atoms with Gasteiger partial charge < -0.3 is 10.6 Å². The van der Waals surface area contributed by atoms with Crippen LogP contribution in [0.2, 0.25) is 10.0 Å². The number of hydrogen-bond donors (Lipinski definition) is 2. The number of rotatable bonds is 6. The van der Waals surface area contributed by atoms with Crippen molar-refractivity contribution in [3.8, 4) is 0 Å². The molecule has 12 heteroatoms. The summed E-state index contributed by atoms with van der Waals surface area (Å²) in [6.07, 6.45) is -0.0938. The Hall–Kier alpha value is -2.95. The van der Waals surface area contributed by atoms with Crippen LogP contribution in [0.5, 0.6) is 0 Å². The maximum absolute atomic E-state index is 12.3. The van der Waals surface area contributed by atoms with Crippen LogP contribution in [0, 0.1) is 10.1 Å². The number of nitro groups is 1. The fourth-order valence-electron chi connectivity index (χ4n) is 2.56. The van der Waals surface area contributed by atoms with Crippen molar-refractivity contribution in [3.63, 3.8) is 0 Å². The average molecular weight is 480 g/mol. The van der Waals surface area contributed by atoms with Crippen LogP contribution in [0.1, 0.15) is 18.9 Å². The van der Waals surface area contributed by atoms with Gasteiger partial charge in [0.25, 0.3) is 5.69 Å². The fraction of sp³-hybridized carbons (Fsp3) is 0.158. The first-order valence-corrected chi connectivity index (χ1v) is 10.5. The number of amides is 2. The van der Waals surface area contributed by atoms with Crippen molar-refractivity contribution >= 4 is 69.0 Å². The van der Waals surface area contributed by atoms with Gasteiger partial charge in [-0.05, 0) is 36.8 Å². The van der Waals surface area contributed by atoms with Gasteiger partial charge in [0.2, 0.25) is 11.8 Å². The second-order valence-corrected chi connectivity index (χ2v) is 8.32. The molecule has 0 spiro atoms.